The number of carbonyl (C=O) groups excluding carboxylic acids is 1. The fraction of sp³-hybridized carbons (Fsp3) is 0.562. The molecule has 2 aliphatic heterocycles. The van der Waals surface area contributed by atoms with Crippen molar-refractivity contribution < 1.29 is 9.53 Å². The van der Waals surface area contributed by atoms with Crippen LogP contribution in [0.2, 0.25) is 0 Å². The molecule has 4 heterocycles. The number of aromatic nitrogens is 2. The standard InChI is InChI=1S/C16H20N4O2S/c21-15(19-7-9-22-10-8-19)12-2-5-20(6-3-12)16-18-13-11-17-4-1-14(13)23-16/h1,4,11-12H,2-3,5-10H2. The second-order valence-corrected chi connectivity index (χ2v) is 7.05. The Hall–Kier alpha value is -1.73. The summed E-state index contributed by atoms with van der Waals surface area (Å²) < 4.78 is 6.49. The average Bonchev–Trinajstić information content (AvgIpc) is 3.06. The van der Waals surface area contributed by atoms with Crippen LogP contribution in [0.25, 0.3) is 10.2 Å². The van der Waals surface area contributed by atoms with E-state index in [0.29, 0.717) is 19.1 Å². The fourth-order valence-corrected chi connectivity index (χ4v) is 4.25. The molecule has 122 valence electrons. The Bertz CT molecular complexity index is 657. The Morgan fingerprint density at radius 3 is 2.74 bits per heavy atom. The second kappa shape index (κ2) is 6.41. The number of hydrogen-bond donors (Lipinski definition) is 0. The summed E-state index contributed by atoms with van der Waals surface area (Å²) >= 11 is 1.70. The maximum absolute atomic E-state index is 12.6. The minimum Gasteiger partial charge on any atom is -0.378 e. The molecule has 0 unspecified atom stereocenters. The third-order valence-electron chi connectivity index (χ3n) is 4.62. The molecule has 0 spiro atoms. The van der Waals surface area contributed by atoms with Crippen molar-refractivity contribution in [1.82, 2.24) is 14.9 Å². The SMILES string of the molecule is O=C(C1CCN(c2nc3cnccc3s2)CC1)N1CCOCC1. The van der Waals surface area contributed by atoms with Crippen LogP contribution >= 0.6 is 11.3 Å². The third-order valence-corrected chi connectivity index (χ3v) is 5.71. The Morgan fingerprint density at radius 1 is 1.22 bits per heavy atom. The molecule has 2 aromatic heterocycles. The number of hydrogen-bond acceptors (Lipinski definition) is 6. The molecule has 1 amide bonds. The van der Waals surface area contributed by atoms with Crippen molar-refractivity contribution in [2.75, 3.05) is 44.3 Å². The number of nitrogens with zero attached hydrogens (tertiary/aromatic N) is 4. The molecule has 0 aliphatic carbocycles. The maximum Gasteiger partial charge on any atom is 0.225 e. The first-order valence-electron chi connectivity index (χ1n) is 8.13. The molecule has 2 aliphatic rings. The topological polar surface area (TPSA) is 58.6 Å². The van der Waals surface area contributed by atoms with Gasteiger partial charge in [0.2, 0.25) is 5.91 Å². The zero-order chi connectivity index (χ0) is 15.6. The van der Waals surface area contributed by atoms with E-state index in [1.165, 1.54) is 4.70 Å². The Labute approximate surface area is 139 Å². The molecule has 2 aromatic rings. The molecule has 0 aromatic carbocycles. The molecule has 2 saturated heterocycles. The van der Waals surface area contributed by atoms with Gasteiger partial charge < -0.3 is 14.5 Å². The number of amides is 1. The average molecular weight is 332 g/mol. The van der Waals surface area contributed by atoms with Crippen LogP contribution in [-0.4, -0.2) is 60.2 Å². The van der Waals surface area contributed by atoms with Crippen molar-refractivity contribution in [2.24, 2.45) is 5.92 Å². The first-order chi connectivity index (χ1) is 11.3. The highest BCUT2D eigenvalue weighted by molar-refractivity contribution is 7.22. The predicted molar refractivity (Wildman–Crippen MR) is 89.8 cm³/mol. The van der Waals surface area contributed by atoms with Crippen molar-refractivity contribution in [3.05, 3.63) is 18.5 Å². The number of piperidine rings is 1. The Kier molecular flexibility index (Phi) is 4.13. The molecule has 0 bridgehead atoms. The minimum atomic E-state index is 0.153. The molecule has 6 nitrogen and oxygen atoms in total. The summed E-state index contributed by atoms with van der Waals surface area (Å²) in [5, 5.41) is 1.05. The maximum atomic E-state index is 12.6. The molecule has 23 heavy (non-hydrogen) atoms. The van der Waals surface area contributed by atoms with Gasteiger partial charge in [-0.1, -0.05) is 11.3 Å². The van der Waals surface area contributed by atoms with E-state index in [-0.39, 0.29) is 5.92 Å². The van der Waals surface area contributed by atoms with E-state index in [1.54, 1.807) is 17.5 Å². The molecule has 2 fully saturated rings. The van der Waals surface area contributed by atoms with Crippen molar-refractivity contribution >= 4 is 32.6 Å². The van der Waals surface area contributed by atoms with E-state index >= 15 is 0 Å². The van der Waals surface area contributed by atoms with Gasteiger partial charge in [-0.25, -0.2) is 4.98 Å². The number of thiazole rings is 1. The van der Waals surface area contributed by atoms with Crippen molar-refractivity contribution in [3.8, 4) is 0 Å². The van der Waals surface area contributed by atoms with Gasteiger partial charge in [-0.2, -0.15) is 0 Å². The molecule has 4 rings (SSSR count). The number of rotatable bonds is 2. The Balaban J connectivity index is 1.39. The summed E-state index contributed by atoms with van der Waals surface area (Å²) in [6.07, 6.45) is 5.43. The summed E-state index contributed by atoms with van der Waals surface area (Å²) in [6, 6.07) is 2.01. The van der Waals surface area contributed by atoms with Crippen LogP contribution in [0.15, 0.2) is 18.5 Å². The monoisotopic (exact) mass is 332 g/mol. The summed E-state index contributed by atoms with van der Waals surface area (Å²) in [5.74, 6) is 0.460. The first-order valence-corrected chi connectivity index (χ1v) is 8.95. The minimum absolute atomic E-state index is 0.153. The van der Waals surface area contributed by atoms with Gasteiger partial charge in [0.05, 0.1) is 24.1 Å². The highest BCUT2D eigenvalue weighted by atomic mass is 32.1. The van der Waals surface area contributed by atoms with E-state index in [4.69, 9.17) is 4.74 Å². The zero-order valence-corrected chi connectivity index (χ0v) is 13.8. The van der Waals surface area contributed by atoms with Crippen LogP contribution in [0, 0.1) is 5.92 Å². The highest BCUT2D eigenvalue weighted by Gasteiger charge is 2.30. The van der Waals surface area contributed by atoms with Gasteiger partial charge in [0.25, 0.3) is 0 Å². The largest absolute Gasteiger partial charge is 0.378 e. The van der Waals surface area contributed by atoms with Crippen molar-refractivity contribution in [2.45, 2.75) is 12.8 Å². The van der Waals surface area contributed by atoms with Gasteiger partial charge in [-0.05, 0) is 18.9 Å². The molecular formula is C16H20N4O2S. The lowest BCUT2D eigenvalue weighted by atomic mass is 9.95. The van der Waals surface area contributed by atoms with Gasteiger partial charge >= 0.3 is 0 Å². The molecular weight excluding hydrogens is 312 g/mol. The lowest BCUT2D eigenvalue weighted by molar-refractivity contribution is -0.140. The van der Waals surface area contributed by atoms with E-state index in [1.807, 2.05) is 17.2 Å². The van der Waals surface area contributed by atoms with Crippen LogP contribution in [0.5, 0.6) is 0 Å². The number of anilines is 1. The smallest absolute Gasteiger partial charge is 0.225 e. The number of carbonyl (C=O) groups is 1. The highest BCUT2D eigenvalue weighted by Crippen LogP contribution is 2.31. The second-order valence-electron chi connectivity index (χ2n) is 6.04. The van der Waals surface area contributed by atoms with Gasteiger partial charge in [0.1, 0.15) is 5.52 Å². The number of morpholine rings is 1. The van der Waals surface area contributed by atoms with E-state index < -0.39 is 0 Å². The van der Waals surface area contributed by atoms with E-state index in [2.05, 4.69) is 14.9 Å². The lowest BCUT2D eigenvalue weighted by Gasteiger charge is -2.35. The van der Waals surface area contributed by atoms with Crippen LogP contribution in [0.1, 0.15) is 12.8 Å². The number of pyridine rings is 1. The van der Waals surface area contributed by atoms with Gasteiger partial charge in [0, 0.05) is 38.3 Å². The van der Waals surface area contributed by atoms with Crippen molar-refractivity contribution in [3.63, 3.8) is 0 Å². The third kappa shape index (κ3) is 3.03. The van der Waals surface area contributed by atoms with Crippen LogP contribution in [0.3, 0.4) is 0 Å². The zero-order valence-electron chi connectivity index (χ0n) is 13.0. The van der Waals surface area contributed by atoms with E-state index in [9.17, 15) is 4.79 Å². The van der Waals surface area contributed by atoms with Crippen LogP contribution < -0.4 is 4.90 Å². The normalized spacial score (nSPS) is 20.2. The summed E-state index contributed by atoms with van der Waals surface area (Å²) in [5.41, 5.74) is 0.957. The predicted octanol–water partition coefficient (Wildman–Crippen LogP) is 1.77. The van der Waals surface area contributed by atoms with Crippen LogP contribution in [-0.2, 0) is 9.53 Å². The van der Waals surface area contributed by atoms with Crippen molar-refractivity contribution in [1.29, 1.82) is 0 Å². The molecule has 7 heteroatoms. The van der Waals surface area contributed by atoms with Gasteiger partial charge in [-0.3, -0.25) is 9.78 Å². The summed E-state index contributed by atoms with van der Waals surface area (Å²) in [4.78, 5) is 25.6. The summed E-state index contributed by atoms with van der Waals surface area (Å²) in [7, 11) is 0. The lowest BCUT2D eigenvalue weighted by Crippen LogP contribution is -2.46. The number of ether oxygens (including phenoxy) is 1. The molecule has 0 radical (unpaired) electrons. The molecule has 0 N–H and O–H groups in total. The Morgan fingerprint density at radius 2 is 2.00 bits per heavy atom. The van der Waals surface area contributed by atoms with Crippen LogP contribution in [0.4, 0.5) is 5.13 Å². The fourth-order valence-electron chi connectivity index (χ4n) is 3.26. The quantitative estimate of drug-likeness (QED) is 0.839. The van der Waals surface area contributed by atoms with Gasteiger partial charge in [0.15, 0.2) is 5.13 Å². The van der Waals surface area contributed by atoms with E-state index in [0.717, 1.165) is 49.7 Å². The summed E-state index contributed by atoms with van der Waals surface area (Å²) in [6.45, 7) is 4.62. The van der Waals surface area contributed by atoms with Gasteiger partial charge in [-0.15, -0.1) is 0 Å². The molecule has 0 saturated carbocycles. The number of fused-ring (bicyclic) bond motifs is 1. The first kappa shape index (κ1) is 14.8. The molecule has 0 atom stereocenters.